The molecular formula is C22H23N3O2. The van der Waals surface area contributed by atoms with Gasteiger partial charge in [0.2, 0.25) is 0 Å². The molecule has 0 fully saturated rings. The number of carbonyl (C=O) groups is 1. The van der Waals surface area contributed by atoms with Crippen LogP contribution in [0.5, 0.6) is 0 Å². The second-order valence-corrected chi connectivity index (χ2v) is 6.27. The van der Waals surface area contributed by atoms with Gasteiger partial charge in [-0.15, -0.1) is 0 Å². The molecule has 0 bridgehead atoms. The number of aromatic nitrogens is 3. The Kier molecular flexibility index (Phi) is 5.81. The number of aromatic carboxylic acids is 1. The molecule has 0 unspecified atom stereocenters. The second-order valence-electron chi connectivity index (χ2n) is 6.27. The third-order valence-corrected chi connectivity index (χ3v) is 4.41. The molecule has 0 saturated carbocycles. The van der Waals surface area contributed by atoms with Gasteiger partial charge in [0.1, 0.15) is 5.82 Å². The molecule has 5 heteroatoms. The van der Waals surface area contributed by atoms with Gasteiger partial charge in [0.25, 0.3) is 0 Å². The van der Waals surface area contributed by atoms with E-state index in [1.807, 2.05) is 61.0 Å². The number of hydrogen-bond donors (Lipinski definition) is 1. The highest BCUT2D eigenvalue weighted by Crippen LogP contribution is 2.24. The minimum atomic E-state index is -0.918. The van der Waals surface area contributed by atoms with E-state index in [0.29, 0.717) is 18.5 Å². The first-order chi connectivity index (χ1) is 13.1. The third-order valence-electron chi connectivity index (χ3n) is 4.41. The maximum Gasteiger partial charge on any atom is 0.336 e. The minimum Gasteiger partial charge on any atom is -0.478 e. The van der Waals surface area contributed by atoms with Crippen molar-refractivity contribution in [3.63, 3.8) is 0 Å². The van der Waals surface area contributed by atoms with Crippen molar-refractivity contribution in [2.75, 3.05) is 0 Å². The number of carboxylic acid groups (broad SMARTS) is 1. The first-order valence-corrected chi connectivity index (χ1v) is 9.07. The summed E-state index contributed by atoms with van der Waals surface area (Å²) in [5, 5.41) is 13.9. The van der Waals surface area contributed by atoms with E-state index in [1.54, 1.807) is 12.1 Å². The molecule has 5 nitrogen and oxygen atoms in total. The largest absolute Gasteiger partial charge is 0.478 e. The molecule has 0 aliphatic rings. The van der Waals surface area contributed by atoms with Crippen molar-refractivity contribution in [3.05, 3.63) is 83.5 Å². The van der Waals surface area contributed by atoms with E-state index in [2.05, 4.69) is 16.2 Å². The van der Waals surface area contributed by atoms with Crippen molar-refractivity contribution in [1.29, 1.82) is 0 Å². The summed E-state index contributed by atoms with van der Waals surface area (Å²) in [5.41, 5.74) is 3.04. The van der Waals surface area contributed by atoms with E-state index in [-0.39, 0.29) is 0 Å². The summed E-state index contributed by atoms with van der Waals surface area (Å²) in [6.07, 6.45) is 5.56. The van der Waals surface area contributed by atoms with Crippen molar-refractivity contribution in [2.24, 2.45) is 0 Å². The fraction of sp³-hybridized carbons (Fsp3) is 0.227. The van der Waals surface area contributed by atoms with Gasteiger partial charge < -0.3 is 5.11 Å². The van der Waals surface area contributed by atoms with Gasteiger partial charge in [-0.2, -0.15) is 5.10 Å². The Labute approximate surface area is 159 Å². The SMILES string of the molecule is C/C=C/Cn1nc(CC)nc1Cc1ccc(-c2ccccc2C(=O)O)cc1. The summed E-state index contributed by atoms with van der Waals surface area (Å²) in [7, 11) is 0. The Morgan fingerprint density at radius 1 is 1.15 bits per heavy atom. The van der Waals surface area contributed by atoms with Gasteiger partial charge in [0, 0.05) is 12.8 Å². The van der Waals surface area contributed by atoms with E-state index in [4.69, 9.17) is 0 Å². The van der Waals surface area contributed by atoms with E-state index in [9.17, 15) is 9.90 Å². The molecule has 1 N–H and O–H groups in total. The van der Waals surface area contributed by atoms with E-state index in [0.717, 1.165) is 34.8 Å². The third kappa shape index (κ3) is 4.31. The van der Waals surface area contributed by atoms with Crippen molar-refractivity contribution in [1.82, 2.24) is 14.8 Å². The molecule has 0 aliphatic heterocycles. The van der Waals surface area contributed by atoms with Crippen LogP contribution in [0.4, 0.5) is 0 Å². The van der Waals surface area contributed by atoms with Crippen LogP contribution in [0.2, 0.25) is 0 Å². The van der Waals surface area contributed by atoms with Crippen LogP contribution in [-0.2, 0) is 19.4 Å². The second kappa shape index (κ2) is 8.45. The van der Waals surface area contributed by atoms with Gasteiger partial charge in [-0.05, 0) is 29.7 Å². The molecule has 0 atom stereocenters. The minimum absolute atomic E-state index is 0.309. The van der Waals surface area contributed by atoms with E-state index in [1.165, 1.54) is 0 Å². The predicted octanol–water partition coefficient (Wildman–Crippen LogP) is 4.37. The summed E-state index contributed by atoms with van der Waals surface area (Å²) in [6.45, 7) is 4.75. The van der Waals surface area contributed by atoms with Crippen LogP contribution in [-0.4, -0.2) is 25.8 Å². The topological polar surface area (TPSA) is 68.0 Å². The van der Waals surface area contributed by atoms with Crippen LogP contribution in [0.3, 0.4) is 0 Å². The molecule has 138 valence electrons. The van der Waals surface area contributed by atoms with Crippen molar-refractivity contribution < 1.29 is 9.90 Å². The van der Waals surface area contributed by atoms with Gasteiger partial charge in [-0.25, -0.2) is 14.5 Å². The highest BCUT2D eigenvalue weighted by Gasteiger charge is 2.12. The Hall–Kier alpha value is -3.21. The maximum absolute atomic E-state index is 11.4. The highest BCUT2D eigenvalue weighted by molar-refractivity contribution is 5.95. The van der Waals surface area contributed by atoms with E-state index < -0.39 is 5.97 Å². The summed E-state index contributed by atoms with van der Waals surface area (Å²) >= 11 is 0. The zero-order valence-electron chi connectivity index (χ0n) is 15.6. The van der Waals surface area contributed by atoms with Crippen molar-refractivity contribution >= 4 is 5.97 Å². The summed E-state index contributed by atoms with van der Waals surface area (Å²) in [6, 6.07) is 15.0. The van der Waals surface area contributed by atoms with Crippen LogP contribution < -0.4 is 0 Å². The lowest BCUT2D eigenvalue weighted by Gasteiger charge is -2.08. The number of aryl methyl sites for hydroxylation is 1. The lowest BCUT2D eigenvalue weighted by atomic mass is 9.98. The Morgan fingerprint density at radius 3 is 2.56 bits per heavy atom. The quantitative estimate of drug-likeness (QED) is 0.635. The zero-order chi connectivity index (χ0) is 19.2. The molecule has 0 amide bonds. The van der Waals surface area contributed by atoms with Gasteiger partial charge >= 0.3 is 5.97 Å². The fourth-order valence-corrected chi connectivity index (χ4v) is 2.96. The van der Waals surface area contributed by atoms with Gasteiger partial charge in [0.15, 0.2) is 5.82 Å². The molecule has 3 aromatic rings. The molecule has 0 radical (unpaired) electrons. The number of carboxylic acids is 1. The predicted molar refractivity (Wildman–Crippen MR) is 106 cm³/mol. The standard InChI is InChI=1S/C22H23N3O2/c1-3-5-14-25-21(23-20(4-2)24-25)15-16-10-12-17(13-11-16)18-8-6-7-9-19(18)22(26)27/h3,5-13H,4,14-15H2,1-2H3,(H,26,27)/b5-3+. The fourth-order valence-electron chi connectivity index (χ4n) is 2.96. The summed E-state index contributed by atoms with van der Waals surface area (Å²) in [4.78, 5) is 16.1. The normalized spacial score (nSPS) is 11.2. The molecule has 27 heavy (non-hydrogen) atoms. The molecule has 0 spiro atoms. The Morgan fingerprint density at radius 2 is 1.89 bits per heavy atom. The number of allylic oxidation sites excluding steroid dienone is 2. The molecule has 1 heterocycles. The van der Waals surface area contributed by atoms with Gasteiger partial charge in [-0.3, -0.25) is 0 Å². The monoisotopic (exact) mass is 361 g/mol. The Balaban J connectivity index is 1.85. The van der Waals surface area contributed by atoms with Crippen molar-refractivity contribution in [2.45, 2.75) is 33.2 Å². The molecule has 0 saturated heterocycles. The number of rotatable bonds is 7. The number of nitrogens with zero attached hydrogens (tertiary/aromatic N) is 3. The van der Waals surface area contributed by atoms with Crippen molar-refractivity contribution in [3.8, 4) is 11.1 Å². The first kappa shape index (κ1) is 18.6. The molecule has 2 aromatic carbocycles. The highest BCUT2D eigenvalue weighted by atomic mass is 16.4. The van der Waals surface area contributed by atoms with Crippen LogP contribution >= 0.6 is 0 Å². The first-order valence-electron chi connectivity index (χ1n) is 9.07. The van der Waals surface area contributed by atoms with Gasteiger partial charge in [-0.1, -0.05) is 61.5 Å². The molecule has 3 rings (SSSR count). The zero-order valence-corrected chi connectivity index (χ0v) is 15.6. The van der Waals surface area contributed by atoms with Crippen LogP contribution in [0, 0.1) is 0 Å². The molecular weight excluding hydrogens is 338 g/mol. The van der Waals surface area contributed by atoms with Crippen LogP contribution in [0.1, 0.15) is 41.4 Å². The molecule has 1 aromatic heterocycles. The van der Waals surface area contributed by atoms with Crippen LogP contribution in [0.15, 0.2) is 60.7 Å². The van der Waals surface area contributed by atoms with Gasteiger partial charge in [0.05, 0.1) is 12.1 Å². The van der Waals surface area contributed by atoms with Crippen LogP contribution in [0.25, 0.3) is 11.1 Å². The average Bonchev–Trinajstić information content (AvgIpc) is 3.08. The maximum atomic E-state index is 11.4. The average molecular weight is 361 g/mol. The smallest absolute Gasteiger partial charge is 0.336 e. The lowest BCUT2D eigenvalue weighted by molar-refractivity contribution is 0.0697. The molecule has 0 aliphatic carbocycles. The lowest BCUT2D eigenvalue weighted by Crippen LogP contribution is -2.05. The van der Waals surface area contributed by atoms with E-state index >= 15 is 0 Å². The Bertz CT molecular complexity index is 956. The summed E-state index contributed by atoms with van der Waals surface area (Å²) < 4.78 is 1.94. The summed E-state index contributed by atoms with van der Waals surface area (Å²) in [5.74, 6) is 0.865. The number of hydrogen-bond acceptors (Lipinski definition) is 3. The number of benzene rings is 2.